The van der Waals surface area contributed by atoms with Crippen LogP contribution in [0.2, 0.25) is 0 Å². The molecule has 4 aromatic rings. The second-order valence-electron chi connectivity index (χ2n) is 6.54. The molecule has 0 spiro atoms. The van der Waals surface area contributed by atoms with Crippen molar-refractivity contribution >= 4 is 28.1 Å². The van der Waals surface area contributed by atoms with Crippen molar-refractivity contribution in [2.75, 3.05) is 12.4 Å². The number of nitro groups is 1. The highest BCUT2D eigenvalue weighted by Gasteiger charge is 2.16. The van der Waals surface area contributed by atoms with Crippen molar-refractivity contribution in [3.63, 3.8) is 0 Å². The second kappa shape index (κ2) is 8.50. The summed E-state index contributed by atoms with van der Waals surface area (Å²) < 4.78 is 11.1. The van der Waals surface area contributed by atoms with E-state index in [1.165, 1.54) is 19.4 Å². The Hall–Kier alpha value is -4.46. The zero-order valence-corrected chi connectivity index (χ0v) is 16.4. The summed E-state index contributed by atoms with van der Waals surface area (Å²) in [6, 6.07) is 18.4. The van der Waals surface area contributed by atoms with E-state index in [4.69, 9.17) is 9.47 Å². The summed E-state index contributed by atoms with van der Waals surface area (Å²) in [7, 11) is 1.51. The molecule has 0 aliphatic carbocycles. The number of benzene rings is 3. The van der Waals surface area contributed by atoms with Gasteiger partial charge in [0.2, 0.25) is 0 Å². The summed E-state index contributed by atoms with van der Waals surface area (Å²) in [5, 5.41) is 15.0. The quantitative estimate of drug-likeness (QED) is 0.343. The number of para-hydroxylation sites is 1. The van der Waals surface area contributed by atoms with Gasteiger partial charge in [0, 0.05) is 29.5 Å². The molecule has 1 heterocycles. The maximum Gasteiger partial charge on any atom is 0.279 e. The molecule has 0 aliphatic heterocycles. The predicted molar refractivity (Wildman–Crippen MR) is 116 cm³/mol. The van der Waals surface area contributed by atoms with Gasteiger partial charge in [0.05, 0.1) is 23.0 Å². The summed E-state index contributed by atoms with van der Waals surface area (Å²) in [6.07, 6.45) is 2.99. The van der Waals surface area contributed by atoms with Gasteiger partial charge in [-0.25, -0.2) is 0 Å². The van der Waals surface area contributed by atoms with Crippen molar-refractivity contribution in [1.29, 1.82) is 0 Å². The van der Waals surface area contributed by atoms with Crippen LogP contribution in [0.4, 0.5) is 11.4 Å². The largest absolute Gasteiger partial charge is 0.496 e. The number of hydrogen-bond acceptors (Lipinski definition) is 6. The summed E-state index contributed by atoms with van der Waals surface area (Å²) in [5.41, 5.74) is 0.974. The van der Waals surface area contributed by atoms with E-state index >= 15 is 0 Å². The van der Waals surface area contributed by atoms with Gasteiger partial charge in [0.25, 0.3) is 11.6 Å². The van der Waals surface area contributed by atoms with Gasteiger partial charge in [-0.1, -0.05) is 12.1 Å². The Kier molecular flexibility index (Phi) is 5.44. The molecule has 31 heavy (non-hydrogen) atoms. The van der Waals surface area contributed by atoms with E-state index in [1.54, 1.807) is 66.9 Å². The van der Waals surface area contributed by atoms with Crippen LogP contribution in [0.15, 0.2) is 79.1 Å². The number of nitro benzene ring substituents is 1. The second-order valence-corrected chi connectivity index (χ2v) is 6.54. The van der Waals surface area contributed by atoms with Crippen LogP contribution in [-0.4, -0.2) is 22.9 Å². The lowest BCUT2D eigenvalue weighted by atomic mass is 10.1. The molecule has 8 heteroatoms. The van der Waals surface area contributed by atoms with E-state index in [9.17, 15) is 14.9 Å². The third-order valence-corrected chi connectivity index (χ3v) is 4.64. The minimum atomic E-state index is -0.451. The van der Waals surface area contributed by atoms with Crippen molar-refractivity contribution in [3.05, 3.63) is 94.8 Å². The number of ether oxygens (including phenoxy) is 2. The summed E-state index contributed by atoms with van der Waals surface area (Å²) in [5.74, 6) is 1.18. The van der Waals surface area contributed by atoms with Crippen molar-refractivity contribution in [1.82, 2.24) is 4.98 Å². The average molecular weight is 415 g/mol. The lowest BCUT2D eigenvalue weighted by Crippen LogP contribution is -2.12. The number of nitrogens with one attached hydrogen (secondary N) is 1. The van der Waals surface area contributed by atoms with Crippen LogP contribution in [0.5, 0.6) is 17.2 Å². The van der Waals surface area contributed by atoms with Crippen LogP contribution >= 0.6 is 0 Å². The smallest absolute Gasteiger partial charge is 0.279 e. The monoisotopic (exact) mass is 415 g/mol. The Balaban J connectivity index is 1.54. The van der Waals surface area contributed by atoms with Crippen LogP contribution in [0, 0.1) is 10.1 Å². The molecule has 0 saturated carbocycles. The number of amides is 1. The third kappa shape index (κ3) is 4.13. The molecule has 0 bridgehead atoms. The molecule has 0 fully saturated rings. The van der Waals surface area contributed by atoms with E-state index in [0.29, 0.717) is 39.3 Å². The normalized spacial score (nSPS) is 10.5. The van der Waals surface area contributed by atoms with E-state index in [2.05, 4.69) is 10.3 Å². The molecule has 0 saturated heterocycles. The van der Waals surface area contributed by atoms with Crippen LogP contribution in [-0.2, 0) is 0 Å². The zero-order valence-electron chi connectivity index (χ0n) is 16.4. The Bertz CT molecular complexity index is 1270. The van der Waals surface area contributed by atoms with E-state index < -0.39 is 4.92 Å². The lowest BCUT2D eigenvalue weighted by molar-refractivity contribution is -0.383. The molecule has 1 N–H and O–H groups in total. The number of carbonyl (C=O) groups excluding carboxylic acids is 1. The number of pyridine rings is 1. The van der Waals surface area contributed by atoms with Gasteiger partial charge in [-0.2, -0.15) is 0 Å². The zero-order chi connectivity index (χ0) is 21.8. The van der Waals surface area contributed by atoms with E-state index in [0.717, 1.165) is 0 Å². The summed E-state index contributed by atoms with van der Waals surface area (Å²) in [4.78, 5) is 27.3. The van der Waals surface area contributed by atoms with Crippen molar-refractivity contribution in [2.24, 2.45) is 0 Å². The van der Waals surface area contributed by atoms with E-state index in [1.807, 2.05) is 0 Å². The Labute approximate surface area is 177 Å². The fraction of sp³-hybridized carbons (Fsp3) is 0.0435. The van der Waals surface area contributed by atoms with Crippen molar-refractivity contribution in [3.8, 4) is 17.2 Å². The molecule has 8 nitrogen and oxygen atoms in total. The number of non-ortho nitro benzene ring substituents is 1. The number of hydrogen-bond donors (Lipinski definition) is 1. The highest BCUT2D eigenvalue weighted by Crippen LogP contribution is 2.35. The molecule has 154 valence electrons. The Morgan fingerprint density at radius 3 is 2.48 bits per heavy atom. The fourth-order valence-electron chi connectivity index (χ4n) is 3.16. The first-order valence-corrected chi connectivity index (χ1v) is 9.30. The number of rotatable bonds is 6. The third-order valence-electron chi connectivity index (χ3n) is 4.64. The van der Waals surface area contributed by atoms with Gasteiger partial charge in [-0.3, -0.25) is 19.9 Å². The lowest BCUT2D eigenvalue weighted by Gasteiger charge is -2.11. The number of fused-ring (bicyclic) bond motifs is 1. The Morgan fingerprint density at radius 1 is 0.968 bits per heavy atom. The van der Waals surface area contributed by atoms with Crippen molar-refractivity contribution < 1.29 is 19.2 Å². The topological polar surface area (TPSA) is 104 Å². The highest BCUT2D eigenvalue weighted by molar-refractivity contribution is 6.06. The molecule has 4 rings (SSSR count). The fourth-order valence-corrected chi connectivity index (χ4v) is 3.16. The molecule has 0 aliphatic rings. The summed E-state index contributed by atoms with van der Waals surface area (Å²) >= 11 is 0. The first-order valence-electron chi connectivity index (χ1n) is 9.30. The van der Waals surface area contributed by atoms with Crippen LogP contribution in [0.3, 0.4) is 0 Å². The molecule has 1 amide bonds. The number of nitrogens with zero attached hydrogens (tertiary/aromatic N) is 2. The predicted octanol–water partition coefficient (Wildman–Crippen LogP) is 5.20. The van der Waals surface area contributed by atoms with Gasteiger partial charge in [0.1, 0.15) is 17.2 Å². The maximum absolute atomic E-state index is 12.5. The molecule has 0 unspecified atom stereocenters. The average Bonchev–Trinajstić information content (AvgIpc) is 2.80. The standard InChI is InChI=1S/C23H17N3O5/c1-30-21-5-3-2-4-18(21)23(27)25-15-6-8-16(9-7-15)31-22-11-10-20(26(28)29)19-14-24-13-12-17(19)22/h2-14H,1H3,(H,25,27). The van der Waals surface area contributed by atoms with Crippen LogP contribution in [0.25, 0.3) is 10.8 Å². The van der Waals surface area contributed by atoms with Gasteiger partial charge in [0.15, 0.2) is 0 Å². The molecular weight excluding hydrogens is 398 g/mol. The number of carbonyl (C=O) groups is 1. The first kappa shape index (κ1) is 19.8. The maximum atomic E-state index is 12.5. The number of aromatic nitrogens is 1. The minimum absolute atomic E-state index is 0.0372. The summed E-state index contributed by atoms with van der Waals surface area (Å²) in [6.45, 7) is 0. The number of methoxy groups -OCH3 is 1. The van der Waals surface area contributed by atoms with Gasteiger partial charge < -0.3 is 14.8 Å². The molecular formula is C23H17N3O5. The SMILES string of the molecule is COc1ccccc1C(=O)Nc1ccc(Oc2ccc([N+](=O)[O-])c3cnccc23)cc1. The van der Waals surface area contributed by atoms with Crippen LogP contribution < -0.4 is 14.8 Å². The molecule has 1 aromatic heterocycles. The van der Waals surface area contributed by atoms with E-state index in [-0.39, 0.29) is 11.6 Å². The minimum Gasteiger partial charge on any atom is -0.496 e. The highest BCUT2D eigenvalue weighted by atomic mass is 16.6. The van der Waals surface area contributed by atoms with Gasteiger partial charge >= 0.3 is 0 Å². The van der Waals surface area contributed by atoms with Gasteiger partial charge in [-0.15, -0.1) is 0 Å². The van der Waals surface area contributed by atoms with Crippen molar-refractivity contribution in [2.45, 2.75) is 0 Å². The molecule has 0 radical (unpaired) electrons. The van der Waals surface area contributed by atoms with Crippen LogP contribution in [0.1, 0.15) is 10.4 Å². The Morgan fingerprint density at radius 2 is 1.74 bits per heavy atom. The molecule has 3 aromatic carbocycles. The van der Waals surface area contributed by atoms with Gasteiger partial charge in [-0.05, 0) is 48.5 Å². The molecule has 0 atom stereocenters. The first-order chi connectivity index (χ1) is 15.1. The number of anilines is 1.